The van der Waals surface area contributed by atoms with E-state index in [2.05, 4.69) is 10.9 Å². The highest BCUT2D eigenvalue weighted by atomic mass is 35.5. The van der Waals surface area contributed by atoms with Gasteiger partial charge in [0.15, 0.2) is 0 Å². The summed E-state index contributed by atoms with van der Waals surface area (Å²) in [5.41, 5.74) is 0.721. The molecule has 1 N–H and O–H groups in total. The van der Waals surface area contributed by atoms with Crippen molar-refractivity contribution in [2.45, 2.75) is 25.4 Å². The summed E-state index contributed by atoms with van der Waals surface area (Å²) in [5.74, 6) is 2.53. The highest BCUT2D eigenvalue weighted by molar-refractivity contribution is 6.31. The number of aliphatic hydroxyl groups excluding tert-OH is 1. The number of aliphatic hydroxyl groups is 1. The van der Waals surface area contributed by atoms with E-state index >= 15 is 0 Å². The molecule has 3 heteroatoms. The van der Waals surface area contributed by atoms with Crippen LogP contribution in [-0.2, 0) is 0 Å². The Labute approximate surface area is 88.9 Å². The van der Waals surface area contributed by atoms with Crippen LogP contribution in [0.4, 0.5) is 0 Å². The van der Waals surface area contributed by atoms with Gasteiger partial charge in [0.05, 0.1) is 11.1 Å². The molecule has 0 spiro atoms. The maximum absolute atomic E-state index is 9.75. The summed E-state index contributed by atoms with van der Waals surface area (Å²) >= 11 is 5.87. The number of pyridine rings is 1. The molecule has 1 unspecified atom stereocenters. The fourth-order valence-electron chi connectivity index (χ4n) is 1.21. The summed E-state index contributed by atoms with van der Waals surface area (Å²) in [5, 5.41) is 10.2. The third kappa shape index (κ3) is 3.02. The molecular formula is C11H12ClNO. The van der Waals surface area contributed by atoms with Crippen LogP contribution in [-0.4, -0.2) is 10.1 Å². The van der Waals surface area contributed by atoms with Gasteiger partial charge in [0.2, 0.25) is 0 Å². The second-order valence-corrected chi connectivity index (χ2v) is 3.42. The fraction of sp³-hybridized carbons (Fsp3) is 0.364. The number of nitrogens with zero attached hydrogens (tertiary/aromatic N) is 1. The lowest BCUT2D eigenvalue weighted by molar-refractivity contribution is 0.165. The quantitative estimate of drug-likeness (QED) is 0.611. The number of hydrogen-bond acceptors (Lipinski definition) is 2. The third-order valence-corrected chi connectivity index (χ3v) is 2.28. The smallest absolute Gasteiger partial charge is 0.0805 e. The van der Waals surface area contributed by atoms with Gasteiger partial charge >= 0.3 is 0 Å². The Bertz CT molecular complexity index is 332. The molecule has 2 nitrogen and oxygen atoms in total. The summed E-state index contributed by atoms with van der Waals surface area (Å²) in [6.45, 7) is 0. The van der Waals surface area contributed by atoms with Crippen LogP contribution < -0.4 is 0 Å². The van der Waals surface area contributed by atoms with Crippen molar-refractivity contribution in [3.8, 4) is 12.3 Å². The van der Waals surface area contributed by atoms with E-state index in [9.17, 15) is 5.11 Å². The van der Waals surface area contributed by atoms with Gasteiger partial charge in [-0.1, -0.05) is 11.6 Å². The van der Waals surface area contributed by atoms with Crippen LogP contribution in [0.5, 0.6) is 0 Å². The van der Waals surface area contributed by atoms with Crippen LogP contribution >= 0.6 is 11.6 Å². The zero-order valence-corrected chi connectivity index (χ0v) is 8.54. The second-order valence-electron chi connectivity index (χ2n) is 3.01. The standard InChI is InChI=1S/C11H12ClNO/c1-2-3-4-5-11(14)9-6-7-13-8-10(9)12/h1,6-8,11,14H,3-5H2. The Morgan fingerprint density at radius 2 is 2.43 bits per heavy atom. The molecule has 0 aliphatic rings. The van der Waals surface area contributed by atoms with Crippen molar-refractivity contribution in [2.24, 2.45) is 0 Å². The van der Waals surface area contributed by atoms with Crippen LogP contribution in [0.1, 0.15) is 30.9 Å². The Hall–Kier alpha value is -1.04. The highest BCUT2D eigenvalue weighted by Gasteiger charge is 2.10. The summed E-state index contributed by atoms with van der Waals surface area (Å²) in [6.07, 6.45) is 9.83. The molecule has 0 bridgehead atoms. The molecule has 0 saturated heterocycles. The van der Waals surface area contributed by atoms with Crippen LogP contribution in [0.3, 0.4) is 0 Å². The van der Waals surface area contributed by atoms with E-state index in [1.807, 2.05) is 0 Å². The molecule has 74 valence electrons. The third-order valence-electron chi connectivity index (χ3n) is 1.96. The predicted molar refractivity (Wildman–Crippen MR) is 56.9 cm³/mol. The number of halogens is 1. The first-order valence-electron chi connectivity index (χ1n) is 4.46. The minimum atomic E-state index is -0.543. The van der Waals surface area contributed by atoms with Crippen LogP contribution in [0.15, 0.2) is 18.5 Å². The highest BCUT2D eigenvalue weighted by Crippen LogP contribution is 2.25. The molecule has 1 aromatic rings. The number of unbranched alkanes of at least 4 members (excludes halogenated alkanes) is 1. The number of terminal acetylenes is 1. The van der Waals surface area contributed by atoms with E-state index in [1.165, 1.54) is 6.20 Å². The molecule has 1 rings (SSSR count). The van der Waals surface area contributed by atoms with E-state index in [-0.39, 0.29) is 0 Å². The van der Waals surface area contributed by atoms with Gasteiger partial charge in [-0.05, 0) is 18.9 Å². The van der Waals surface area contributed by atoms with Crippen molar-refractivity contribution in [1.29, 1.82) is 0 Å². The summed E-state index contributed by atoms with van der Waals surface area (Å²) in [6, 6.07) is 1.73. The van der Waals surface area contributed by atoms with Crippen molar-refractivity contribution in [3.05, 3.63) is 29.0 Å². The monoisotopic (exact) mass is 209 g/mol. The number of rotatable bonds is 4. The number of hydrogen-bond donors (Lipinski definition) is 1. The Kier molecular flexibility index (Phi) is 4.45. The van der Waals surface area contributed by atoms with Gasteiger partial charge in [0.1, 0.15) is 0 Å². The molecule has 0 aromatic carbocycles. The lowest BCUT2D eigenvalue weighted by atomic mass is 10.1. The van der Waals surface area contributed by atoms with E-state index < -0.39 is 6.10 Å². The Balaban J connectivity index is 2.57. The van der Waals surface area contributed by atoms with Crippen molar-refractivity contribution in [3.63, 3.8) is 0 Å². The van der Waals surface area contributed by atoms with Gasteiger partial charge in [0, 0.05) is 24.4 Å². The van der Waals surface area contributed by atoms with Gasteiger partial charge in [-0.2, -0.15) is 0 Å². The minimum Gasteiger partial charge on any atom is -0.388 e. The topological polar surface area (TPSA) is 33.1 Å². The van der Waals surface area contributed by atoms with E-state index in [4.69, 9.17) is 18.0 Å². The van der Waals surface area contributed by atoms with Crippen LogP contribution in [0, 0.1) is 12.3 Å². The molecule has 1 aromatic heterocycles. The zero-order valence-electron chi connectivity index (χ0n) is 7.78. The van der Waals surface area contributed by atoms with Crippen LogP contribution in [0.2, 0.25) is 5.02 Å². The first kappa shape index (κ1) is 11.0. The predicted octanol–water partition coefficient (Wildman–Crippen LogP) is 2.57. The average Bonchev–Trinajstić information content (AvgIpc) is 2.18. The lowest BCUT2D eigenvalue weighted by Crippen LogP contribution is -1.98. The zero-order chi connectivity index (χ0) is 10.4. The first-order valence-corrected chi connectivity index (χ1v) is 4.84. The van der Waals surface area contributed by atoms with Crippen molar-refractivity contribution >= 4 is 11.6 Å². The van der Waals surface area contributed by atoms with Gasteiger partial charge < -0.3 is 5.11 Å². The fourth-order valence-corrected chi connectivity index (χ4v) is 1.45. The molecule has 0 amide bonds. The molecule has 0 fully saturated rings. The van der Waals surface area contributed by atoms with Crippen molar-refractivity contribution < 1.29 is 5.11 Å². The number of aromatic nitrogens is 1. The minimum absolute atomic E-state index is 0.501. The van der Waals surface area contributed by atoms with E-state index in [0.717, 1.165) is 12.0 Å². The largest absolute Gasteiger partial charge is 0.388 e. The maximum Gasteiger partial charge on any atom is 0.0805 e. The summed E-state index contributed by atoms with van der Waals surface area (Å²) in [7, 11) is 0. The molecule has 1 atom stereocenters. The summed E-state index contributed by atoms with van der Waals surface area (Å²) < 4.78 is 0. The molecular weight excluding hydrogens is 198 g/mol. The average molecular weight is 210 g/mol. The normalized spacial score (nSPS) is 12.1. The van der Waals surface area contributed by atoms with E-state index in [1.54, 1.807) is 12.3 Å². The molecule has 0 aliphatic carbocycles. The molecule has 0 radical (unpaired) electrons. The van der Waals surface area contributed by atoms with E-state index in [0.29, 0.717) is 17.9 Å². The Morgan fingerprint density at radius 3 is 3.07 bits per heavy atom. The second kappa shape index (κ2) is 5.64. The van der Waals surface area contributed by atoms with Crippen molar-refractivity contribution in [1.82, 2.24) is 4.98 Å². The van der Waals surface area contributed by atoms with Gasteiger partial charge in [-0.25, -0.2) is 0 Å². The summed E-state index contributed by atoms with van der Waals surface area (Å²) in [4.78, 5) is 3.85. The van der Waals surface area contributed by atoms with Gasteiger partial charge in [0.25, 0.3) is 0 Å². The lowest BCUT2D eigenvalue weighted by Gasteiger charge is -2.10. The Morgan fingerprint density at radius 1 is 1.64 bits per heavy atom. The molecule has 0 saturated carbocycles. The maximum atomic E-state index is 9.75. The SMILES string of the molecule is C#CCCCC(O)c1ccncc1Cl. The molecule has 14 heavy (non-hydrogen) atoms. The van der Waals surface area contributed by atoms with Crippen LogP contribution in [0.25, 0.3) is 0 Å². The molecule has 0 aliphatic heterocycles. The first-order chi connectivity index (χ1) is 6.75. The van der Waals surface area contributed by atoms with Gasteiger partial charge in [-0.3, -0.25) is 4.98 Å². The molecule has 1 heterocycles. The van der Waals surface area contributed by atoms with Gasteiger partial charge in [-0.15, -0.1) is 12.3 Å². The van der Waals surface area contributed by atoms with Crippen molar-refractivity contribution in [2.75, 3.05) is 0 Å².